The van der Waals surface area contributed by atoms with Crippen LogP contribution in [0.15, 0.2) is 0 Å². The quantitative estimate of drug-likeness (QED) is 0.687. The van der Waals surface area contributed by atoms with E-state index in [1.807, 2.05) is 0 Å². The maximum absolute atomic E-state index is 11.5. The van der Waals surface area contributed by atoms with Crippen LogP contribution in [0.1, 0.15) is 26.2 Å². The Labute approximate surface area is 84.6 Å². The molecule has 0 aliphatic carbocycles. The fourth-order valence-electron chi connectivity index (χ4n) is 1.51. The van der Waals surface area contributed by atoms with Crippen LogP contribution < -0.4 is 5.32 Å². The molecule has 0 spiro atoms. The normalized spacial score (nSPS) is 20.4. The van der Waals surface area contributed by atoms with Crippen molar-refractivity contribution in [1.82, 2.24) is 5.32 Å². The lowest BCUT2D eigenvalue weighted by Crippen LogP contribution is -2.35. The summed E-state index contributed by atoms with van der Waals surface area (Å²) in [5, 5.41) is 11.8. The summed E-state index contributed by atoms with van der Waals surface area (Å²) in [6.45, 7) is 3.66. The smallest absolute Gasteiger partial charge is 0.223 e. The molecule has 0 aromatic heterocycles. The molecular weight excluding hydrogens is 182 g/mol. The molecule has 82 valence electrons. The van der Waals surface area contributed by atoms with Crippen molar-refractivity contribution in [3.8, 4) is 0 Å². The highest BCUT2D eigenvalue weighted by molar-refractivity contribution is 5.78. The molecule has 4 heteroatoms. The largest absolute Gasteiger partial charge is 0.393 e. The number of carbonyl (C=O) groups is 1. The molecule has 1 saturated heterocycles. The van der Waals surface area contributed by atoms with Gasteiger partial charge in [-0.05, 0) is 26.2 Å². The number of aliphatic hydroxyl groups excluding tert-OH is 1. The Hall–Kier alpha value is -0.610. The molecule has 0 radical (unpaired) electrons. The molecule has 0 saturated carbocycles. The van der Waals surface area contributed by atoms with Crippen LogP contribution in [0, 0.1) is 5.92 Å². The maximum Gasteiger partial charge on any atom is 0.223 e. The Morgan fingerprint density at radius 2 is 2.21 bits per heavy atom. The molecule has 1 amide bonds. The minimum Gasteiger partial charge on any atom is -0.393 e. The highest BCUT2D eigenvalue weighted by atomic mass is 16.5. The zero-order valence-electron chi connectivity index (χ0n) is 8.66. The number of carbonyl (C=O) groups excluding carboxylic acids is 1. The van der Waals surface area contributed by atoms with E-state index in [2.05, 4.69) is 5.32 Å². The van der Waals surface area contributed by atoms with Crippen molar-refractivity contribution in [2.45, 2.75) is 32.3 Å². The van der Waals surface area contributed by atoms with E-state index < -0.39 is 0 Å². The van der Waals surface area contributed by atoms with Crippen molar-refractivity contribution in [1.29, 1.82) is 0 Å². The van der Waals surface area contributed by atoms with Gasteiger partial charge < -0.3 is 15.2 Å². The van der Waals surface area contributed by atoms with Crippen molar-refractivity contribution in [2.24, 2.45) is 5.92 Å². The first-order chi connectivity index (χ1) is 6.70. The molecular formula is C10H19NO3. The van der Waals surface area contributed by atoms with E-state index in [9.17, 15) is 4.79 Å². The fourth-order valence-corrected chi connectivity index (χ4v) is 1.51. The van der Waals surface area contributed by atoms with E-state index in [0.29, 0.717) is 26.2 Å². The zero-order chi connectivity index (χ0) is 10.4. The van der Waals surface area contributed by atoms with Gasteiger partial charge in [0.05, 0.1) is 6.10 Å². The van der Waals surface area contributed by atoms with Gasteiger partial charge in [0, 0.05) is 25.7 Å². The monoisotopic (exact) mass is 201 g/mol. The number of nitrogens with one attached hydrogen (secondary N) is 1. The summed E-state index contributed by atoms with van der Waals surface area (Å²) in [6, 6.07) is 0. The predicted molar refractivity (Wildman–Crippen MR) is 52.9 cm³/mol. The molecule has 1 rings (SSSR count). The summed E-state index contributed by atoms with van der Waals surface area (Å²) < 4.78 is 5.17. The molecule has 1 aliphatic heterocycles. The summed E-state index contributed by atoms with van der Waals surface area (Å²) in [5.74, 6) is 0.215. The summed E-state index contributed by atoms with van der Waals surface area (Å²) in [5.41, 5.74) is 0. The van der Waals surface area contributed by atoms with Gasteiger partial charge in [-0.25, -0.2) is 0 Å². The van der Waals surface area contributed by atoms with E-state index in [4.69, 9.17) is 9.84 Å². The van der Waals surface area contributed by atoms with Gasteiger partial charge in [-0.1, -0.05) is 0 Å². The fraction of sp³-hybridized carbons (Fsp3) is 0.900. The van der Waals surface area contributed by atoms with Crippen LogP contribution >= 0.6 is 0 Å². The lowest BCUT2D eigenvalue weighted by Gasteiger charge is -2.21. The van der Waals surface area contributed by atoms with Gasteiger partial charge in [0.2, 0.25) is 5.91 Å². The van der Waals surface area contributed by atoms with Gasteiger partial charge in [-0.15, -0.1) is 0 Å². The Kier molecular flexibility index (Phi) is 4.90. The third-order valence-corrected chi connectivity index (χ3v) is 2.45. The third-order valence-electron chi connectivity index (χ3n) is 2.45. The molecule has 0 bridgehead atoms. The second-order valence-electron chi connectivity index (χ2n) is 3.82. The van der Waals surface area contributed by atoms with E-state index in [-0.39, 0.29) is 17.9 Å². The maximum atomic E-state index is 11.5. The van der Waals surface area contributed by atoms with E-state index in [0.717, 1.165) is 12.8 Å². The predicted octanol–water partition coefficient (Wildman–Crippen LogP) is 0.300. The summed E-state index contributed by atoms with van der Waals surface area (Å²) >= 11 is 0. The Balaban J connectivity index is 2.13. The van der Waals surface area contributed by atoms with Crippen LogP contribution in [0.4, 0.5) is 0 Å². The topological polar surface area (TPSA) is 58.6 Å². The number of amides is 1. The van der Waals surface area contributed by atoms with Crippen LogP contribution in [0.2, 0.25) is 0 Å². The minimum atomic E-state index is -0.343. The highest BCUT2D eigenvalue weighted by Crippen LogP contribution is 2.14. The van der Waals surface area contributed by atoms with Gasteiger partial charge in [-0.2, -0.15) is 0 Å². The molecule has 0 aromatic carbocycles. The van der Waals surface area contributed by atoms with Gasteiger partial charge in [0.25, 0.3) is 0 Å². The van der Waals surface area contributed by atoms with Crippen LogP contribution in [0.5, 0.6) is 0 Å². The Morgan fingerprint density at radius 3 is 2.79 bits per heavy atom. The zero-order valence-corrected chi connectivity index (χ0v) is 8.66. The minimum absolute atomic E-state index is 0.106. The Morgan fingerprint density at radius 1 is 1.57 bits per heavy atom. The first-order valence-corrected chi connectivity index (χ1v) is 5.23. The van der Waals surface area contributed by atoms with Gasteiger partial charge in [0.1, 0.15) is 0 Å². The molecule has 4 nitrogen and oxygen atoms in total. The number of aliphatic hydroxyl groups is 1. The standard InChI is InChI=1S/C10H19NO3/c1-8(12)2-5-11-10(13)9-3-6-14-7-4-9/h8-9,12H,2-7H2,1H3,(H,11,13). The van der Waals surface area contributed by atoms with E-state index in [1.165, 1.54) is 0 Å². The SMILES string of the molecule is CC(O)CCNC(=O)C1CCOCC1. The number of hydrogen-bond donors (Lipinski definition) is 2. The number of rotatable bonds is 4. The summed E-state index contributed by atoms with van der Waals surface area (Å²) in [6.07, 6.45) is 1.92. The lowest BCUT2D eigenvalue weighted by molar-refractivity contribution is -0.127. The Bertz CT molecular complexity index is 176. The van der Waals surface area contributed by atoms with Crippen LogP contribution in [0.3, 0.4) is 0 Å². The second-order valence-corrected chi connectivity index (χ2v) is 3.82. The van der Waals surface area contributed by atoms with E-state index >= 15 is 0 Å². The molecule has 1 fully saturated rings. The van der Waals surface area contributed by atoms with Gasteiger partial charge in [0.15, 0.2) is 0 Å². The molecule has 1 atom stereocenters. The van der Waals surface area contributed by atoms with Crippen LogP contribution in [-0.4, -0.2) is 36.9 Å². The average molecular weight is 201 g/mol. The first kappa shape index (κ1) is 11.5. The van der Waals surface area contributed by atoms with E-state index in [1.54, 1.807) is 6.92 Å². The second kappa shape index (κ2) is 5.98. The molecule has 0 aromatic rings. The molecule has 1 aliphatic rings. The molecule has 1 unspecified atom stereocenters. The van der Waals surface area contributed by atoms with Crippen LogP contribution in [0.25, 0.3) is 0 Å². The highest BCUT2D eigenvalue weighted by Gasteiger charge is 2.20. The lowest BCUT2D eigenvalue weighted by atomic mass is 9.99. The van der Waals surface area contributed by atoms with Crippen molar-refractivity contribution in [2.75, 3.05) is 19.8 Å². The average Bonchev–Trinajstić information content (AvgIpc) is 2.18. The first-order valence-electron chi connectivity index (χ1n) is 5.23. The van der Waals surface area contributed by atoms with Crippen molar-refractivity contribution in [3.05, 3.63) is 0 Å². The number of ether oxygens (including phenoxy) is 1. The summed E-state index contributed by atoms with van der Waals surface area (Å²) in [7, 11) is 0. The third kappa shape index (κ3) is 4.07. The van der Waals surface area contributed by atoms with Crippen molar-refractivity contribution >= 4 is 5.91 Å². The molecule has 14 heavy (non-hydrogen) atoms. The van der Waals surface area contributed by atoms with Crippen molar-refractivity contribution in [3.63, 3.8) is 0 Å². The molecule has 1 heterocycles. The van der Waals surface area contributed by atoms with Gasteiger partial charge in [-0.3, -0.25) is 4.79 Å². The van der Waals surface area contributed by atoms with Gasteiger partial charge >= 0.3 is 0 Å². The summed E-state index contributed by atoms with van der Waals surface area (Å²) in [4.78, 5) is 11.5. The number of hydrogen-bond acceptors (Lipinski definition) is 3. The van der Waals surface area contributed by atoms with Crippen molar-refractivity contribution < 1.29 is 14.6 Å². The molecule has 2 N–H and O–H groups in total. The van der Waals surface area contributed by atoms with Crippen LogP contribution in [-0.2, 0) is 9.53 Å².